The predicted octanol–water partition coefficient (Wildman–Crippen LogP) is 2.19. The molecule has 0 fully saturated rings. The number of carbonyl (C=O) groups excluding carboxylic acids is 3. The molecule has 0 aliphatic carbocycles. The maximum absolute atomic E-state index is 14.1. The minimum absolute atomic E-state index is 0.232. The first-order valence-electron chi connectivity index (χ1n) is 7.58. The van der Waals surface area contributed by atoms with E-state index in [4.69, 9.17) is 9.47 Å². The lowest BCUT2D eigenvalue weighted by Crippen LogP contribution is -2.41. The van der Waals surface area contributed by atoms with Gasteiger partial charge in [0.2, 0.25) is 6.10 Å². The van der Waals surface area contributed by atoms with Gasteiger partial charge in [-0.05, 0) is 12.1 Å². The molecule has 0 unspecified atom stereocenters. The van der Waals surface area contributed by atoms with E-state index in [1.165, 1.54) is 26.3 Å². The fourth-order valence-corrected chi connectivity index (χ4v) is 2.10. The van der Waals surface area contributed by atoms with E-state index in [0.29, 0.717) is 5.56 Å². The summed E-state index contributed by atoms with van der Waals surface area (Å²) in [6.45, 7) is 0. The Balaban J connectivity index is 2.27. The average molecular weight is 360 g/mol. The number of benzene rings is 2. The molecular formula is C18H17FN2O5. The Kier molecular flexibility index (Phi) is 6.26. The molecule has 0 bridgehead atoms. The van der Waals surface area contributed by atoms with Gasteiger partial charge in [0.25, 0.3) is 5.91 Å². The summed E-state index contributed by atoms with van der Waals surface area (Å²) in [6, 6.07) is 10.9. The molecule has 2 aromatic carbocycles. The maximum atomic E-state index is 14.1. The Hall–Kier alpha value is -3.42. The molecule has 0 radical (unpaired) electrons. The van der Waals surface area contributed by atoms with Crippen LogP contribution in [0.2, 0.25) is 0 Å². The van der Waals surface area contributed by atoms with E-state index in [2.05, 4.69) is 5.32 Å². The molecule has 0 spiro atoms. The van der Waals surface area contributed by atoms with Gasteiger partial charge in [-0.3, -0.25) is 10.1 Å². The second kappa shape index (κ2) is 8.61. The standard InChI is InChI=1S/C18H17FN2O5/c1-20-18(24)21-16(22)15(11-6-4-3-5-7-11)26-17(23)13-9-8-12(25-2)10-14(13)19/h3-10,15H,1-2H3,(H2,20,21,22,24)/t15-/m1/s1. The largest absolute Gasteiger partial charge is 0.497 e. The fourth-order valence-electron chi connectivity index (χ4n) is 2.10. The summed E-state index contributed by atoms with van der Waals surface area (Å²) in [5, 5.41) is 4.26. The van der Waals surface area contributed by atoms with Crippen molar-refractivity contribution in [1.29, 1.82) is 0 Å². The average Bonchev–Trinajstić information content (AvgIpc) is 2.66. The first-order chi connectivity index (χ1) is 12.5. The van der Waals surface area contributed by atoms with Crippen LogP contribution in [0.4, 0.5) is 9.18 Å². The van der Waals surface area contributed by atoms with Crippen LogP contribution in [-0.2, 0) is 9.53 Å². The van der Waals surface area contributed by atoms with Crippen LogP contribution in [0.5, 0.6) is 5.75 Å². The molecule has 8 heteroatoms. The third-order valence-corrected chi connectivity index (χ3v) is 3.43. The van der Waals surface area contributed by atoms with Gasteiger partial charge < -0.3 is 14.8 Å². The van der Waals surface area contributed by atoms with E-state index in [0.717, 1.165) is 6.07 Å². The zero-order valence-corrected chi connectivity index (χ0v) is 14.1. The molecule has 7 nitrogen and oxygen atoms in total. The molecule has 0 aliphatic heterocycles. The maximum Gasteiger partial charge on any atom is 0.342 e. The number of amides is 3. The minimum atomic E-state index is -1.43. The second-order valence-electron chi connectivity index (χ2n) is 5.11. The van der Waals surface area contributed by atoms with Crippen LogP contribution in [0.3, 0.4) is 0 Å². The number of urea groups is 1. The molecule has 2 aromatic rings. The number of rotatable bonds is 5. The summed E-state index contributed by atoms with van der Waals surface area (Å²) in [7, 11) is 2.69. The predicted molar refractivity (Wildman–Crippen MR) is 90.1 cm³/mol. The SMILES string of the molecule is CNC(=O)NC(=O)[C@H](OC(=O)c1ccc(OC)cc1F)c1ccccc1. The molecule has 1 atom stereocenters. The molecule has 0 aromatic heterocycles. The van der Waals surface area contributed by atoms with Gasteiger partial charge in [-0.25, -0.2) is 14.0 Å². The first-order valence-corrected chi connectivity index (χ1v) is 7.58. The van der Waals surface area contributed by atoms with Crippen LogP contribution in [0.25, 0.3) is 0 Å². The Morgan fingerprint density at radius 3 is 2.35 bits per heavy atom. The third kappa shape index (κ3) is 4.56. The van der Waals surface area contributed by atoms with Crippen molar-refractivity contribution in [1.82, 2.24) is 10.6 Å². The summed E-state index contributed by atoms with van der Waals surface area (Å²) in [6.07, 6.45) is -1.43. The summed E-state index contributed by atoms with van der Waals surface area (Å²) in [5.74, 6) is -2.53. The van der Waals surface area contributed by atoms with Crippen molar-refractivity contribution in [2.24, 2.45) is 0 Å². The lowest BCUT2D eigenvalue weighted by Gasteiger charge is -2.17. The Morgan fingerprint density at radius 2 is 1.77 bits per heavy atom. The number of hydrogen-bond donors (Lipinski definition) is 2. The summed E-state index contributed by atoms with van der Waals surface area (Å²) >= 11 is 0. The van der Waals surface area contributed by atoms with Crippen LogP contribution in [0, 0.1) is 5.82 Å². The van der Waals surface area contributed by atoms with Crippen LogP contribution in [0.15, 0.2) is 48.5 Å². The molecule has 0 heterocycles. The number of imide groups is 1. The topological polar surface area (TPSA) is 93.7 Å². The van der Waals surface area contributed by atoms with Gasteiger partial charge in [0.15, 0.2) is 0 Å². The quantitative estimate of drug-likeness (QED) is 0.797. The molecule has 136 valence electrons. The Morgan fingerprint density at radius 1 is 1.08 bits per heavy atom. The van der Waals surface area contributed by atoms with Crippen molar-refractivity contribution in [3.63, 3.8) is 0 Å². The van der Waals surface area contributed by atoms with Crippen molar-refractivity contribution >= 4 is 17.9 Å². The van der Waals surface area contributed by atoms with E-state index in [-0.39, 0.29) is 11.3 Å². The van der Waals surface area contributed by atoms with Crippen LogP contribution < -0.4 is 15.4 Å². The normalized spacial score (nSPS) is 11.2. The van der Waals surface area contributed by atoms with Gasteiger partial charge in [-0.15, -0.1) is 0 Å². The van der Waals surface area contributed by atoms with Gasteiger partial charge in [0.05, 0.1) is 12.7 Å². The zero-order chi connectivity index (χ0) is 19.1. The number of nitrogens with one attached hydrogen (secondary N) is 2. The number of halogens is 1. The molecule has 2 N–H and O–H groups in total. The highest BCUT2D eigenvalue weighted by Gasteiger charge is 2.28. The van der Waals surface area contributed by atoms with Gasteiger partial charge in [0, 0.05) is 18.7 Å². The van der Waals surface area contributed by atoms with Gasteiger partial charge in [-0.1, -0.05) is 30.3 Å². The summed E-state index contributed by atoms with van der Waals surface area (Å²) in [4.78, 5) is 36.0. The molecule has 0 aliphatic rings. The Bertz CT molecular complexity index is 810. The van der Waals surface area contributed by atoms with Crippen molar-refractivity contribution in [2.45, 2.75) is 6.10 Å². The highest BCUT2D eigenvalue weighted by molar-refractivity contribution is 5.99. The van der Waals surface area contributed by atoms with Gasteiger partial charge >= 0.3 is 12.0 Å². The van der Waals surface area contributed by atoms with E-state index in [9.17, 15) is 18.8 Å². The minimum Gasteiger partial charge on any atom is -0.497 e. The van der Waals surface area contributed by atoms with Gasteiger partial charge in [-0.2, -0.15) is 0 Å². The second-order valence-corrected chi connectivity index (χ2v) is 5.11. The summed E-state index contributed by atoms with van der Waals surface area (Å²) < 4.78 is 24.1. The number of ether oxygens (including phenoxy) is 2. The zero-order valence-electron chi connectivity index (χ0n) is 14.1. The number of esters is 1. The van der Waals surface area contributed by atoms with E-state index < -0.39 is 29.8 Å². The van der Waals surface area contributed by atoms with Crippen LogP contribution in [-0.4, -0.2) is 32.1 Å². The van der Waals surface area contributed by atoms with Crippen molar-refractivity contribution in [2.75, 3.05) is 14.2 Å². The smallest absolute Gasteiger partial charge is 0.342 e. The monoisotopic (exact) mass is 360 g/mol. The molecular weight excluding hydrogens is 343 g/mol. The van der Waals surface area contributed by atoms with E-state index in [1.54, 1.807) is 30.3 Å². The molecule has 0 saturated carbocycles. The summed E-state index contributed by atoms with van der Waals surface area (Å²) in [5.41, 5.74) is -0.0318. The number of carbonyl (C=O) groups is 3. The van der Waals surface area contributed by atoms with E-state index in [1.807, 2.05) is 5.32 Å². The van der Waals surface area contributed by atoms with Crippen molar-refractivity contribution in [3.8, 4) is 5.75 Å². The van der Waals surface area contributed by atoms with Crippen LogP contribution in [0.1, 0.15) is 22.0 Å². The van der Waals surface area contributed by atoms with Crippen molar-refractivity contribution < 1.29 is 28.2 Å². The first kappa shape index (κ1) is 18.9. The molecule has 2 rings (SSSR count). The third-order valence-electron chi connectivity index (χ3n) is 3.43. The van der Waals surface area contributed by atoms with Crippen molar-refractivity contribution in [3.05, 3.63) is 65.5 Å². The fraction of sp³-hybridized carbons (Fsp3) is 0.167. The highest BCUT2D eigenvalue weighted by atomic mass is 19.1. The lowest BCUT2D eigenvalue weighted by atomic mass is 10.1. The number of methoxy groups -OCH3 is 1. The lowest BCUT2D eigenvalue weighted by molar-refractivity contribution is -0.129. The van der Waals surface area contributed by atoms with E-state index >= 15 is 0 Å². The highest BCUT2D eigenvalue weighted by Crippen LogP contribution is 2.22. The number of hydrogen-bond acceptors (Lipinski definition) is 5. The molecule has 3 amide bonds. The Labute approximate surface area is 149 Å². The van der Waals surface area contributed by atoms with Crippen LogP contribution >= 0.6 is 0 Å². The van der Waals surface area contributed by atoms with Gasteiger partial charge in [0.1, 0.15) is 11.6 Å². The molecule has 0 saturated heterocycles. The molecule has 26 heavy (non-hydrogen) atoms.